The van der Waals surface area contributed by atoms with E-state index in [1.807, 2.05) is 0 Å². The van der Waals surface area contributed by atoms with E-state index in [1.54, 1.807) is 6.20 Å². The minimum absolute atomic E-state index is 0.141. The first kappa shape index (κ1) is 13.0. The lowest BCUT2D eigenvalue weighted by Gasteiger charge is -2.11. The second kappa shape index (κ2) is 5.20. The monoisotopic (exact) mass is 286 g/mol. The van der Waals surface area contributed by atoms with Gasteiger partial charge in [-0.25, -0.2) is 13.1 Å². The molecule has 8 heteroatoms. The maximum absolute atomic E-state index is 12.3. The fourth-order valence-corrected chi connectivity index (χ4v) is 3.49. The Morgan fingerprint density at radius 2 is 2.21 bits per heavy atom. The van der Waals surface area contributed by atoms with Gasteiger partial charge in [0.05, 0.1) is 12.8 Å². The van der Waals surface area contributed by atoms with Crippen LogP contribution in [-0.4, -0.2) is 43.9 Å². The zero-order valence-electron chi connectivity index (χ0n) is 10.6. The third kappa shape index (κ3) is 3.14. The molecule has 2 aliphatic rings. The average molecular weight is 286 g/mol. The normalized spacial score (nSPS) is 23.9. The standard InChI is InChI=1S/C11H18N4O3S/c16-19(17,15-10-3-4-18-7-10)11-8(6-13-14-11)5-12-9-1-2-9/h6,9-10,12,15H,1-5,7H2,(H,13,14). The predicted molar refractivity (Wildman–Crippen MR) is 68.0 cm³/mol. The molecule has 7 nitrogen and oxygen atoms in total. The van der Waals surface area contributed by atoms with E-state index >= 15 is 0 Å². The summed E-state index contributed by atoms with van der Waals surface area (Å²) in [4.78, 5) is 0. The Bertz CT molecular complexity index is 532. The third-order valence-electron chi connectivity index (χ3n) is 3.36. The Labute approximate surface area is 112 Å². The Morgan fingerprint density at radius 1 is 1.37 bits per heavy atom. The summed E-state index contributed by atoms with van der Waals surface area (Å²) in [7, 11) is -3.55. The Kier molecular flexibility index (Phi) is 3.57. The quantitative estimate of drug-likeness (QED) is 0.669. The minimum Gasteiger partial charge on any atom is -0.380 e. The summed E-state index contributed by atoms with van der Waals surface area (Å²) < 4.78 is 32.4. The van der Waals surface area contributed by atoms with Crippen molar-refractivity contribution in [1.29, 1.82) is 0 Å². The fraction of sp³-hybridized carbons (Fsp3) is 0.727. The largest absolute Gasteiger partial charge is 0.380 e. The summed E-state index contributed by atoms with van der Waals surface area (Å²) >= 11 is 0. The Balaban J connectivity index is 1.70. The fourth-order valence-electron chi connectivity index (χ4n) is 2.11. The van der Waals surface area contributed by atoms with Crippen molar-refractivity contribution < 1.29 is 13.2 Å². The van der Waals surface area contributed by atoms with Crippen LogP contribution in [0.15, 0.2) is 11.2 Å². The molecule has 1 saturated heterocycles. The first-order valence-electron chi connectivity index (χ1n) is 6.51. The number of H-pyrrole nitrogens is 1. The van der Waals surface area contributed by atoms with Crippen LogP contribution in [0.3, 0.4) is 0 Å². The SMILES string of the molecule is O=S(=O)(NC1CCOC1)c1[nH]ncc1CNC1CC1. The number of rotatable bonds is 6. The van der Waals surface area contributed by atoms with E-state index in [0.717, 1.165) is 12.8 Å². The van der Waals surface area contributed by atoms with Crippen LogP contribution in [0.2, 0.25) is 0 Å². The van der Waals surface area contributed by atoms with Gasteiger partial charge >= 0.3 is 0 Å². The van der Waals surface area contributed by atoms with Gasteiger partial charge in [0.15, 0.2) is 5.03 Å². The van der Waals surface area contributed by atoms with Gasteiger partial charge in [0.2, 0.25) is 0 Å². The van der Waals surface area contributed by atoms with Crippen molar-refractivity contribution in [2.75, 3.05) is 13.2 Å². The van der Waals surface area contributed by atoms with E-state index in [9.17, 15) is 8.42 Å². The molecule has 106 valence electrons. The number of aromatic nitrogens is 2. The highest BCUT2D eigenvalue weighted by Gasteiger charge is 2.27. The second-order valence-corrected chi connectivity index (χ2v) is 6.71. The molecule has 19 heavy (non-hydrogen) atoms. The highest BCUT2D eigenvalue weighted by Crippen LogP contribution is 2.20. The molecule has 2 heterocycles. The van der Waals surface area contributed by atoms with Crippen LogP contribution in [0.25, 0.3) is 0 Å². The molecule has 1 saturated carbocycles. The van der Waals surface area contributed by atoms with Crippen LogP contribution in [0.4, 0.5) is 0 Å². The van der Waals surface area contributed by atoms with E-state index in [1.165, 1.54) is 0 Å². The third-order valence-corrected chi connectivity index (χ3v) is 4.89. The van der Waals surface area contributed by atoms with Crippen molar-refractivity contribution in [3.63, 3.8) is 0 Å². The Hall–Kier alpha value is -0.960. The molecule has 2 fully saturated rings. The van der Waals surface area contributed by atoms with E-state index in [-0.39, 0.29) is 11.1 Å². The van der Waals surface area contributed by atoms with E-state index in [2.05, 4.69) is 20.2 Å². The molecule has 0 radical (unpaired) electrons. The highest BCUT2D eigenvalue weighted by molar-refractivity contribution is 7.89. The number of nitrogens with one attached hydrogen (secondary N) is 3. The molecule has 0 spiro atoms. The molecule has 1 aliphatic carbocycles. The van der Waals surface area contributed by atoms with Crippen LogP contribution in [-0.2, 0) is 21.3 Å². The topological polar surface area (TPSA) is 96.1 Å². The first-order valence-corrected chi connectivity index (χ1v) is 7.99. The second-order valence-electron chi connectivity index (χ2n) is 5.06. The molecule has 1 aliphatic heterocycles. The van der Waals surface area contributed by atoms with Gasteiger partial charge in [0.1, 0.15) is 0 Å². The van der Waals surface area contributed by atoms with Crippen LogP contribution < -0.4 is 10.0 Å². The highest BCUT2D eigenvalue weighted by atomic mass is 32.2. The van der Waals surface area contributed by atoms with Gasteiger partial charge in [-0.1, -0.05) is 0 Å². The lowest BCUT2D eigenvalue weighted by atomic mass is 10.3. The lowest BCUT2D eigenvalue weighted by Crippen LogP contribution is -2.36. The summed E-state index contributed by atoms with van der Waals surface area (Å²) in [5.74, 6) is 0. The number of hydrogen-bond acceptors (Lipinski definition) is 5. The van der Waals surface area contributed by atoms with E-state index in [0.29, 0.717) is 37.8 Å². The molecule has 0 bridgehead atoms. The smallest absolute Gasteiger partial charge is 0.258 e. The lowest BCUT2D eigenvalue weighted by molar-refractivity contribution is 0.192. The van der Waals surface area contributed by atoms with Gasteiger partial charge in [-0.3, -0.25) is 5.10 Å². The van der Waals surface area contributed by atoms with Gasteiger partial charge in [-0.05, 0) is 19.3 Å². The van der Waals surface area contributed by atoms with Gasteiger partial charge in [-0.2, -0.15) is 5.10 Å². The summed E-state index contributed by atoms with van der Waals surface area (Å²) in [5.41, 5.74) is 0.679. The minimum atomic E-state index is -3.55. The summed E-state index contributed by atoms with van der Waals surface area (Å²) in [5, 5.41) is 9.88. The van der Waals surface area contributed by atoms with Crippen molar-refractivity contribution in [3.05, 3.63) is 11.8 Å². The summed E-state index contributed by atoms with van der Waals surface area (Å²) in [6.45, 7) is 1.56. The molecular formula is C11H18N4O3S. The van der Waals surface area contributed by atoms with E-state index in [4.69, 9.17) is 4.74 Å². The molecule has 1 aromatic rings. The maximum atomic E-state index is 12.3. The van der Waals surface area contributed by atoms with Crippen LogP contribution in [0, 0.1) is 0 Å². The van der Waals surface area contributed by atoms with Crippen molar-refractivity contribution in [2.45, 2.75) is 42.9 Å². The maximum Gasteiger partial charge on any atom is 0.258 e. The van der Waals surface area contributed by atoms with Gasteiger partial charge in [-0.15, -0.1) is 0 Å². The zero-order valence-corrected chi connectivity index (χ0v) is 11.4. The summed E-state index contributed by atoms with van der Waals surface area (Å²) in [6, 6.07) is 0.388. The van der Waals surface area contributed by atoms with Crippen LogP contribution in [0.5, 0.6) is 0 Å². The zero-order chi connectivity index (χ0) is 13.3. The number of aromatic amines is 1. The molecule has 1 aromatic heterocycles. The van der Waals surface area contributed by atoms with Crippen molar-refractivity contribution in [2.24, 2.45) is 0 Å². The van der Waals surface area contributed by atoms with Crippen LogP contribution >= 0.6 is 0 Å². The van der Waals surface area contributed by atoms with Crippen molar-refractivity contribution >= 4 is 10.0 Å². The van der Waals surface area contributed by atoms with E-state index < -0.39 is 10.0 Å². The number of ether oxygens (including phenoxy) is 1. The number of hydrogen-bond donors (Lipinski definition) is 3. The van der Waals surface area contributed by atoms with Gasteiger partial charge in [0.25, 0.3) is 10.0 Å². The van der Waals surface area contributed by atoms with Gasteiger partial charge in [0, 0.05) is 30.8 Å². The Morgan fingerprint density at radius 3 is 2.89 bits per heavy atom. The summed E-state index contributed by atoms with van der Waals surface area (Å²) in [6.07, 6.45) is 4.60. The first-order chi connectivity index (χ1) is 9.15. The molecule has 3 rings (SSSR count). The number of sulfonamides is 1. The molecule has 3 N–H and O–H groups in total. The molecular weight excluding hydrogens is 268 g/mol. The van der Waals surface area contributed by atoms with Crippen molar-refractivity contribution in [3.8, 4) is 0 Å². The number of nitrogens with zero attached hydrogens (tertiary/aromatic N) is 1. The van der Waals surface area contributed by atoms with Crippen LogP contribution in [0.1, 0.15) is 24.8 Å². The predicted octanol–water partition coefficient (Wildman–Crippen LogP) is -0.271. The molecule has 0 aromatic carbocycles. The molecule has 1 atom stereocenters. The van der Waals surface area contributed by atoms with Gasteiger partial charge < -0.3 is 10.1 Å². The average Bonchev–Trinajstić information content (AvgIpc) is 2.87. The molecule has 0 amide bonds. The molecule has 1 unspecified atom stereocenters. The van der Waals surface area contributed by atoms with Crippen molar-refractivity contribution in [1.82, 2.24) is 20.2 Å².